The molecule has 1 saturated carbocycles. The van der Waals surface area contributed by atoms with Crippen molar-refractivity contribution in [1.29, 1.82) is 0 Å². The quantitative estimate of drug-likeness (QED) is 0.853. The Morgan fingerprint density at radius 3 is 2.86 bits per heavy atom. The van der Waals surface area contributed by atoms with Crippen molar-refractivity contribution in [1.82, 2.24) is 9.88 Å². The average molecular weight is 304 g/mol. The Hall–Kier alpha value is -1.17. The second kappa shape index (κ2) is 6.52. The molecule has 1 aliphatic carbocycles. The second-order valence-corrected chi connectivity index (χ2v) is 6.41. The maximum absolute atomic E-state index is 6.14. The highest BCUT2D eigenvalue weighted by molar-refractivity contribution is 5.17. The largest absolute Gasteiger partial charge is 0.486 e. The van der Waals surface area contributed by atoms with Crippen LogP contribution in [0.25, 0.3) is 0 Å². The zero-order valence-corrected chi connectivity index (χ0v) is 12.9. The number of pyridine rings is 1. The highest BCUT2D eigenvalue weighted by Crippen LogP contribution is 2.35. The molecule has 4 rings (SSSR count). The van der Waals surface area contributed by atoms with Gasteiger partial charge in [0.05, 0.1) is 12.8 Å². The van der Waals surface area contributed by atoms with E-state index in [9.17, 15) is 0 Å². The van der Waals surface area contributed by atoms with Gasteiger partial charge >= 0.3 is 0 Å². The summed E-state index contributed by atoms with van der Waals surface area (Å²) in [5, 5.41) is 0. The summed E-state index contributed by atoms with van der Waals surface area (Å²) in [6, 6.07) is 5.04. The summed E-state index contributed by atoms with van der Waals surface area (Å²) in [4.78, 5) is 6.80. The van der Waals surface area contributed by atoms with Crippen molar-refractivity contribution in [3.63, 3.8) is 0 Å². The highest BCUT2D eigenvalue weighted by Gasteiger charge is 2.46. The first-order valence-corrected chi connectivity index (χ1v) is 8.43. The molecule has 2 saturated heterocycles. The monoisotopic (exact) mass is 304 g/mol. The summed E-state index contributed by atoms with van der Waals surface area (Å²) in [6.07, 6.45) is 8.42. The molecule has 0 N–H and O–H groups in total. The van der Waals surface area contributed by atoms with Crippen LogP contribution in [0.4, 0.5) is 0 Å². The van der Waals surface area contributed by atoms with Gasteiger partial charge in [-0.1, -0.05) is 0 Å². The average Bonchev–Trinajstić information content (AvgIpc) is 3.00. The van der Waals surface area contributed by atoms with Crippen LogP contribution in [-0.2, 0) is 9.47 Å². The van der Waals surface area contributed by atoms with Gasteiger partial charge in [0.15, 0.2) is 0 Å². The maximum Gasteiger partial charge on any atom is 0.138 e. The molecule has 2 aliphatic heterocycles. The van der Waals surface area contributed by atoms with Crippen LogP contribution in [0.2, 0.25) is 0 Å². The van der Waals surface area contributed by atoms with Crippen molar-refractivity contribution in [3.05, 3.63) is 24.5 Å². The van der Waals surface area contributed by atoms with E-state index in [1.165, 1.54) is 0 Å². The van der Waals surface area contributed by atoms with E-state index < -0.39 is 0 Å². The standard InChI is InChI=1S/C17H24N2O3/c1-2-14(12-18-7-1)22-16-4-3-15-17(16)21-11-8-19(15)13-5-9-20-10-6-13/h1-2,7,12-13,15-17H,3-6,8-11H2/t15-,16-,17+/m0/s1. The second-order valence-electron chi connectivity index (χ2n) is 6.41. The third-order valence-electron chi connectivity index (χ3n) is 5.16. The van der Waals surface area contributed by atoms with E-state index in [4.69, 9.17) is 14.2 Å². The molecule has 120 valence electrons. The van der Waals surface area contributed by atoms with Crippen molar-refractivity contribution in [3.8, 4) is 5.75 Å². The van der Waals surface area contributed by atoms with Gasteiger partial charge in [0.1, 0.15) is 18.0 Å². The molecule has 3 fully saturated rings. The number of aromatic nitrogens is 1. The Balaban J connectivity index is 1.44. The van der Waals surface area contributed by atoms with E-state index in [2.05, 4.69) is 9.88 Å². The van der Waals surface area contributed by atoms with Crippen molar-refractivity contribution < 1.29 is 14.2 Å². The highest BCUT2D eigenvalue weighted by atomic mass is 16.5. The van der Waals surface area contributed by atoms with Crippen LogP contribution in [0.3, 0.4) is 0 Å². The van der Waals surface area contributed by atoms with Gasteiger partial charge < -0.3 is 14.2 Å². The Bertz CT molecular complexity index is 478. The molecule has 0 unspecified atom stereocenters. The lowest BCUT2D eigenvalue weighted by atomic mass is 10.0. The Morgan fingerprint density at radius 1 is 1.14 bits per heavy atom. The number of rotatable bonds is 3. The summed E-state index contributed by atoms with van der Waals surface area (Å²) >= 11 is 0. The number of hydrogen-bond acceptors (Lipinski definition) is 5. The summed E-state index contributed by atoms with van der Waals surface area (Å²) in [6.45, 7) is 3.65. The molecule has 5 heteroatoms. The molecule has 3 atom stereocenters. The van der Waals surface area contributed by atoms with Gasteiger partial charge in [-0.05, 0) is 37.8 Å². The molecule has 1 aromatic rings. The van der Waals surface area contributed by atoms with Crippen molar-refractivity contribution in [2.45, 2.75) is 50.0 Å². The number of fused-ring (bicyclic) bond motifs is 1. The summed E-state index contributed by atoms with van der Waals surface area (Å²) in [7, 11) is 0. The van der Waals surface area contributed by atoms with Crippen molar-refractivity contribution in [2.75, 3.05) is 26.4 Å². The van der Waals surface area contributed by atoms with Crippen LogP contribution in [-0.4, -0.2) is 60.5 Å². The van der Waals surface area contributed by atoms with Gasteiger partial charge in [-0.2, -0.15) is 0 Å². The first-order valence-electron chi connectivity index (χ1n) is 8.43. The van der Waals surface area contributed by atoms with Gasteiger partial charge in [-0.3, -0.25) is 9.88 Å². The lowest BCUT2D eigenvalue weighted by Gasteiger charge is -2.44. The first-order chi connectivity index (χ1) is 10.9. The fraction of sp³-hybridized carbons (Fsp3) is 0.706. The number of nitrogens with zero attached hydrogens (tertiary/aromatic N) is 2. The summed E-state index contributed by atoms with van der Waals surface area (Å²) in [5.41, 5.74) is 0. The summed E-state index contributed by atoms with van der Waals surface area (Å²) < 4.78 is 17.7. The Labute approximate surface area is 131 Å². The maximum atomic E-state index is 6.14. The van der Waals surface area contributed by atoms with E-state index in [0.29, 0.717) is 12.1 Å². The third kappa shape index (κ3) is 2.85. The first kappa shape index (κ1) is 14.4. The number of ether oxygens (including phenoxy) is 3. The molecule has 3 aliphatic rings. The minimum absolute atomic E-state index is 0.150. The molecule has 0 radical (unpaired) electrons. The predicted octanol–water partition coefficient (Wildman–Crippen LogP) is 1.87. The molecule has 5 nitrogen and oxygen atoms in total. The lowest BCUT2D eigenvalue weighted by molar-refractivity contribution is -0.111. The third-order valence-corrected chi connectivity index (χ3v) is 5.16. The molecule has 0 aromatic carbocycles. The van der Waals surface area contributed by atoms with Crippen LogP contribution in [0.5, 0.6) is 5.75 Å². The molecule has 22 heavy (non-hydrogen) atoms. The minimum atomic E-state index is 0.150. The Kier molecular flexibility index (Phi) is 4.28. The van der Waals surface area contributed by atoms with E-state index in [1.54, 1.807) is 12.4 Å². The van der Waals surface area contributed by atoms with Gasteiger partial charge in [0.25, 0.3) is 0 Å². The number of hydrogen-bond donors (Lipinski definition) is 0. The van der Waals surface area contributed by atoms with Gasteiger partial charge in [0, 0.05) is 38.0 Å². The fourth-order valence-electron chi connectivity index (χ4n) is 4.13. The molecular weight excluding hydrogens is 280 g/mol. The number of morpholine rings is 1. The van der Waals surface area contributed by atoms with E-state index in [-0.39, 0.29) is 12.2 Å². The fourth-order valence-corrected chi connectivity index (χ4v) is 4.13. The zero-order chi connectivity index (χ0) is 14.8. The molecule has 3 heterocycles. The molecule has 0 spiro atoms. The van der Waals surface area contributed by atoms with Gasteiger partial charge in [-0.25, -0.2) is 0 Å². The topological polar surface area (TPSA) is 43.8 Å². The lowest BCUT2D eigenvalue weighted by Crippen LogP contribution is -2.56. The zero-order valence-electron chi connectivity index (χ0n) is 12.9. The van der Waals surface area contributed by atoms with Crippen LogP contribution in [0, 0.1) is 0 Å². The van der Waals surface area contributed by atoms with Crippen LogP contribution in [0.15, 0.2) is 24.5 Å². The molecular formula is C17H24N2O3. The van der Waals surface area contributed by atoms with Crippen LogP contribution in [0.1, 0.15) is 25.7 Å². The van der Waals surface area contributed by atoms with E-state index in [1.807, 2.05) is 12.1 Å². The summed E-state index contributed by atoms with van der Waals surface area (Å²) in [5.74, 6) is 0.847. The van der Waals surface area contributed by atoms with Crippen LogP contribution >= 0.6 is 0 Å². The van der Waals surface area contributed by atoms with Crippen molar-refractivity contribution in [2.24, 2.45) is 0 Å². The Morgan fingerprint density at radius 2 is 2.05 bits per heavy atom. The van der Waals surface area contributed by atoms with Crippen LogP contribution < -0.4 is 4.74 Å². The van der Waals surface area contributed by atoms with Gasteiger partial charge in [-0.15, -0.1) is 0 Å². The van der Waals surface area contributed by atoms with E-state index in [0.717, 1.165) is 57.8 Å². The molecule has 1 aromatic heterocycles. The normalized spacial score (nSPS) is 33.5. The van der Waals surface area contributed by atoms with Gasteiger partial charge in [0.2, 0.25) is 0 Å². The predicted molar refractivity (Wildman–Crippen MR) is 82.0 cm³/mol. The van der Waals surface area contributed by atoms with E-state index >= 15 is 0 Å². The minimum Gasteiger partial charge on any atom is -0.486 e. The molecule has 0 amide bonds. The van der Waals surface area contributed by atoms with Crippen molar-refractivity contribution >= 4 is 0 Å². The smallest absolute Gasteiger partial charge is 0.138 e. The molecule has 0 bridgehead atoms. The SMILES string of the molecule is c1cncc(O[C@H]2CC[C@H]3[C@H]2OCCN3C2CCOCC2)c1.